The van der Waals surface area contributed by atoms with Gasteiger partial charge in [0, 0.05) is 50.8 Å². The standard InChI is InChI=1S/C19H19N5O3/c1-22-10-7-20-17(22)16(25)13-5-4-8-23(12-13)18(26)14-11-21-15-6-2-3-9-24(15)19(14)27/h2-3,6-7,9-11,13H,4-5,8,12H2,1H3/t13-/m1/s1. The van der Waals surface area contributed by atoms with Crippen LogP contribution in [0.2, 0.25) is 0 Å². The molecule has 4 rings (SSSR count). The Morgan fingerprint density at radius 3 is 2.81 bits per heavy atom. The molecular weight excluding hydrogens is 346 g/mol. The predicted molar refractivity (Wildman–Crippen MR) is 97.6 cm³/mol. The maximum Gasteiger partial charge on any atom is 0.270 e. The SMILES string of the molecule is Cn1ccnc1C(=O)[C@@H]1CCCN(C(=O)c2cnc3ccccn3c2=O)C1. The number of pyridine rings is 1. The van der Waals surface area contributed by atoms with Crippen LogP contribution in [-0.2, 0) is 7.05 Å². The van der Waals surface area contributed by atoms with Crippen LogP contribution in [0.5, 0.6) is 0 Å². The highest BCUT2D eigenvalue weighted by Crippen LogP contribution is 2.21. The number of hydrogen-bond donors (Lipinski definition) is 0. The van der Waals surface area contributed by atoms with E-state index in [4.69, 9.17) is 0 Å². The highest BCUT2D eigenvalue weighted by molar-refractivity contribution is 5.97. The summed E-state index contributed by atoms with van der Waals surface area (Å²) in [5.41, 5.74) is 0.104. The Hall–Kier alpha value is -3.29. The quantitative estimate of drug-likeness (QED) is 0.650. The molecule has 27 heavy (non-hydrogen) atoms. The summed E-state index contributed by atoms with van der Waals surface area (Å²) in [5.74, 6) is -0.391. The minimum Gasteiger partial charge on any atom is -0.338 e. The first kappa shape index (κ1) is 17.1. The number of fused-ring (bicyclic) bond motifs is 1. The van der Waals surface area contributed by atoms with Crippen molar-refractivity contribution in [2.45, 2.75) is 12.8 Å². The van der Waals surface area contributed by atoms with Crippen molar-refractivity contribution in [1.29, 1.82) is 0 Å². The van der Waals surface area contributed by atoms with Crippen molar-refractivity contribution < 1.29 is 9.59 Å². The van der Waals surface area contributed by atoms with Gasteiger partial charge in [0.2, 0.25) is 5.78 Å². The first-order chi connectivity index (χ1) is 13.1. The lowest BCUT2D eigenvalue weighted by Gasteiger charge is -2.31. The minimum absolute atomic E-state index is 0.0174. The lowest BCUT2D eigenvalue weighted by atomic mass is 9.93. The van der Waals surface area contributed by atoms with Crippen molar-refractivity contribution in [2.24, 2.45) is 13.0 Å². The number of aromatic nitrogens is 4. The van der Waals surface area contributed by atoms with E-state index in [9.17, 15) is 14.4 Å². The van der Waals surface area contributed by atoms with E-state index >= 15 is 0 Å². The summed E-state index contributed by atoms with van der Waals surface area (Å²) in [5, 5.41) is 0. The molecule has 1 aliphatic rings. The molecule has 3 aromatic heterocycles. The van der Waals surface area contributed by atoms with Crippen LogP contribution in [0.4, 0.5) is 0 Å². The second kappa shape index (κ2) is 6.79. The molecule has 0 N–H and O–H groups in total. The number of rotatable bonds is 3. The fourth-order valence-electron chi connectivity index (χ4n) is 3.50. The maximum absolute atomic E-state index is 12.9. The molecule has 3 aromatic rings. The molecule has 0 aliphatic carbocycles. The van der Waals surface area contributed by atoms with Crippen molar-refractivity contribution in [1.82, 2.24) is 23.8 Å². The first-order valence-corrected chi connectivity index (χ1v) is 8.83. The molecule has 8 nitrogen and oxygen atoms in total. The van der Waals surface area contributed by atoms with Crippen molar-refractivity contribution in [3.05, 3.63) is 64.7 Å². The summed E-state index contributed by atoms with van der Waals surface area (Å²) in [6.07, 6.45) is 7.62. The van der Waals surface area contributed by atoms with Crippen LogP contribution < -0.4 is 5.56 Å². The highest BCUT2D eigenvalue weighted by atomic mass is 16.2. The van der Waals surface area contributed by atoms with Crippen molar-refractivity contribution in [3.8, 4) is 0 Å². The molecule has 0 bridgehead atoms. The van der Waals surface area contributed by atoms with E-state index in [0.717, 1.165) is 0 Å². The molecule has 1 atom stereocenters. The molecule has 138 valence electrons. The van der Waals surface area contributed by atoms with Crippen LogP contribution in [-0.4, -0.2) is 48.6 Å². The summed E-state index contributed by atoms with van der Waals surface area (Å²) < 4.78 is 3.04. The number of piperidine rings is 1. The number of imidazole rings is 1. The largest absolute Gasteiger partial charge is 0.338 e. The molecule has 1 fully saturated rings. The van der Waals surface area contributed by atoms with Crippen LogP contribution in [0.25, 0.3) is 5.65 Å². The third-order valence-corrected chi connectivity index (χ3v) is 4.96. The number of amides is 1. The van der Waals surface area contributed by atoms with Crippen LogP contribution in [0, 0.1) is 5.92 Å². The summed E-state index contributed by atoms with van der Waals surface area (Å²) in [4.78, 5) is 48.2. The Bertz CT molecular complexity index is 1080. The van der Waals surface area contributed by atoms with Gasteiger partial charge < -0.3 is 9.47 Å². The van der Waals surface area contributed by atoms with E-state index in [0.29, 0.717) is 30.9 Å². The molecule has 8 heteroatoms. The van der Waals surface area contributed by atoms with Gasteiger partial charge in [-0.1, -0.05) is 6.07 Å². The highest BCUT2D eigenvalue weighted by Gasteiger charge is 2.32. The molecule has 1 amide bonds. The van der Waals surface area contributed by atoms with Crippen molar-refractivity contribution in [3.63, 3.8) is 0 Å². The van der Waals surface area contributed by atoms with Gasteiger partial charge in [0.25, 0.3) is 11.5 Å². The molecule has 0 saturated carbocycles. The Morgan fingerprint density at radius 1 is 1.19 bits per heavy atom. The van der Waals surface area contributed by atoms with Gasteiger partial charge in [0.05, 0.1) is 0 Å². The van der Waals surface area contributed by atoms with Gasteiger partial charge in [-0.05, 0) is 25.0 Å². The maximum atomic E-state index is 12.9. The average Bonchev–Trinajstić information content (AvgIpc) is 3.13. The number of carbonyl (C=O) groups is 2. The molecule has 0 aromatic carbocycles. The Labute approximate surface area is 155 Å². The van der Waals surface area contributed by atoms with Gasteiger partial charge in [-0.25, -0.2) is 9.97 Å². The van der Waals surface area contributed by atoms with Crippen LogP contribution in [0.1, 0.15) is 33.8 Å². The monoisotopic (exact) mass is 365 g/mol. The first-order valence-electron chi connectivity index (χ1n) is 8.83. The topological polar surface area (TPSA) is 89.6 Å². The molecular formula is C19H19N5O3. The van der Waals surface area contributed by atoms with Gasteiger partial charge in [0.15, 0.2) is 5.82 Å². The van der Waals surface area contributed by atoms with E-state index in [1.54, 1.807) is 53.3 Å². The third-order valence-electron chi connectivity index (χ3n) is 4.96. The lowest BCUT2D eigenvalue weighted by Crippen LogP contribution is -2.44. The Morgan fingerprint density at radius 2 is 2.04 bits per heavy atom. The predicted octanol–water partition coefficient (Wildman–Crippen LogP) is 1.16. The van der Waals surface area contributed by atoms with E-state index in [1.807, 2.05) is 0 Å². The molecule has 1 aliphatic heterocycles. The third kappa shape index (κ3) is 3.03. The van der Waals surface area contributed by atoms with Gasteiger partial charge in [-0.15, -0.1) is 0 Å². The summed E-state index contributed by atoms with van der Waals surface area (Å²) in [6, 6.07) is 5.20. The molecule has 0 radical (unpaired) electrons. The van der Waals surface area contributed by atoms with Crippen molar-refractivity contribution in [2.75, 3.05) is 13.1 Å². The van der Waals surface area contributed by atoms with Gasteiger partial charge >= 0.3 is 0 Å². The number of aryl methyl sites for hydroxylation is 1. The van der Waals surface area contributed by atoms with Crippen molar-refractivity contribution >= 4 is 17.3 Å². The Kier molecular flexibility index (Phi) is 4.31. The van der Waals surface area contributed by atoms with Gasteiger partial charge in [-0.2, -0.15) is 0 Å². The average molecular weight is 365 g/mol. The zero-order chi connectivity index (χ0) is 19.0. The zero-order valence-electron chi connectivity index (χ0n) is 14.9. The smallest absolute Gasteiger partial charge is 0.270 e. The molecule has 1 saturated heterocycles. The summed E-state index contributed by atoms with van der Waals surface area (Å²) in [7, 11) is 1.77. The van der Waals surface area contributed by atoms with Crippen LogP contribution >= 0.6 is 0 Å². The molecule has 0 unspecified atom stereocenters. The normalized spacial score (nSPS) is 17.2. The number of carbonyl (C=O) groups excluding carboxylic acids is 2. The number of likely N-dealkylation sites (tertiary alicyclic amines) is 1. The minimum atomic E-state index is -0.400. The van der Waals surface area contributed by atoms with Crippen LogP contribution in [0.15, 0.2) is 47.8 Å². The number of ketones is 1. The fraction of sp³-hybridized carbons (Fsp3) is 0.316. The lowest BCUT2D eigenvalue weighted by molar-refractivity contribution is 0.0631. The summed E-state index contributed by atoms with van der Waals surface area (Å²) >= 11 is 0. The second-order valence-electron chi connectivity index (χ2n) is 6.72. The van der Waals surface area contributed by atoms with E-state index in [2.05, 4.69) is 9.97 Å². The molecule has 4 heterocycles. The number of nitrogens with zero attached hydrogens (tertiary/aromatic N) is 5. The zero-order valence-corrected chi connectivity index (χ0v) is 14.9. The summed E-state index contributed by atoms with van der Waals surface area (Å²) in [6.45, 7) is 0.793. The Balaban J connectivity index is 1.59. The number of hydrogen-bond acceptors (Lipinski definition) is 5. The second-order valence-corrected chi connectivity index (χ2v) is 6.72. The van der Waals surface area contributed by atoms with Crippen LogP contribution in [0.3, 0.4) is 0 Å². The molecule has 0 spiro atoms. The van der Waals surface area contributed by atoms with Gasteiger partial charge in [0.1, 0.15) is 11.2 Å². The van der Waals surface area contributed by atoms with Gasteiger partial charge in [-0.3, -0.25) is 18.8 Å². The van der Waals surface area contributed by atoms with E-state index < -0.39 is 5.56 Å². The van der Waals surface area contributed by atoms with E-state index in [1.165, 1.54) is 10.6 Å². The fourth-order valence-corrected chi connectivity index (χ4v) is 3.50. The van der Waals surface area contributed by atoms with E-state index in [-0.39, 0.29) is 29.7 Å². The number of Topliss-reactive ketones (excluding diaryl/α,β-unsaturated/α-hetero) is 1.